The molecule has 0 unspecified atom stereocenters. The van der Waals surface area contributed by atoms with Crippen molar-refractivity contribution in [3.05, 3.63) is 0 Å². The summed E-state index contributed by atoms with van der Waals surface area (Å²) in [6.07, 6.45) is -2.40. The van der Waals surface area contributed by atoms with E-state index in [1.54, 1.807) is 0 Å². The molecular formula is C10H18N2O4. The highest BCUT2D eigenvalue weighted by molar-refractivity contribution is 5.01. The van der Waals surface area contributed by atoms with Gasteiger partial charge in [0.15, 0.2) is 0 Å². The van der Waals surface area contributed by atoms with Gasteiger partial charge in [-0.05, 0) is 13.0 Å². The largest absolute Gasteiger partial charge is 0.396 e. The highest BCUT2D eigenvalue weighted by atomic mass is 16.4. The second kappa shape index (κ2) is 6.13. The smallest absolute Gasteiger partial charge is 0.108 e. The number of aliphatic hydroxyl groups excluding tert-OH is 4. The number of nitrogens with zero attached hydrogens (tertiary/aromatic N) is 1. The molecule has 1 saturated carbocycles. The van der Waals surface area contributed by atoms with Crippen molar-refractivity contribution in [2.45, 2.75) is 37.2 Å². The summed E-state index contributed by atoms with van der Waals surface area (Å²) in [5.41, 5.74) is 0. The van der Waals surface area contributed by atoms with E-state index in [1.165, 1.54) is 0 Å². The number of unbranched alkanes of at least 4 members (excludes halogenated alkanes) is 1. The number of hydrogen-bond acceptors (Lipinski definition) is 6. The third-order valence-corrected chi connectivity index (χ3v) is 3.02. The first-order valence-corrected chi connectivity index (χ1v) is 5.39. The van der Waals surface area contributed by atoms with Crippen LogP contribution in [-0.4, -0.2) is 57.9 Å². The molecule has 92 valence electrons. The third-order valence-electron chi connectivity index (χ3n) is 3.02. The lowest BCUT2D eigenvalue weighted by molar-refractivity contribution is -0.0311. The van der Waals surface area contributed by atoms with Crippen LogP contribution >= 0.6 is 0 Å². The van der Waals surface area contributed by atoms with Gasteiger partial charge in [-0.3, -0.25) is 0 Å². The Morgan fingerprint density at radius 2 is 1.81 bits per heavy atom. The molecule has 1 fully saturated rings. The summed E-state index contributed by atoms with van der Waals surface area (Å²) in [5, 5.41) is 49.0. The van der Waals surface area contributed by atoms with Crippen molar-refractivity contribution in [2.75, 3.05) is 13.2 Å². The fraction of sp³-hybridized carbons (Fsp3) is 0.900. The van der Waals surface area contributed by atoms with Crippen LogP contribution in [0.3, 0.4) is 0 Å². The average Bonchev–Trinajstić information content (AvgIpc) is 2.49. The summed E-state index contributed by atoms with van der Waals surface area (Å²) < 4.78 is 0. The van der Waals surface area contributed by atoms with Crippen molar-refractivity contribution in [1.29, 1.82) is 5.26 Å². The number of hydrogen-bond donors (Lipinski definition) is 5. The van der Waals surface area contributed by atoms with Gasteiger partial charge in [0.05, 0.1) is 24.9 Å². The summed E-state index contributed by atoms with van der Waals surface area (Å²) in [5.74, 6) is -0.577. The molecule has 0 aromatic heterocycles. The quantitative estimate of drug-likeness (QED) is 0.347. The SMILES string of the molecule is N#CCCCN[C@H]1[C@H](O)[C@@H](O)[C@@H](O)[C@H]1CO. The van der Waals surface area contributed by atoms with Gasteiger partial charge in [0.2, 0.25) is 0 Å². The van der Waals surface area contributed by atoms with Crippen molar-refractivity contribution >= 4 is 0 Å². The molecule has 0 heterocycles. The zero-order valence-electron chi connectivity index (χ0n) is 8.95. The summed E-state index contributed by atoms with van der Waals surface area (Å²) >= 11 is 0. The van der Waals surface area contributed by atoms with Gasteiger partial charge in [-0.15, -0.1) is 0 Å². The number of nitriles is 1. The van der Waals surface area contributed by atoms with Gasteiger partial charge in [-0.1, -0.05) is 0 Å². The fourth-order valence-corrected chi connectivity index (χ4v) is 2.06. The van der Waals surface area contributed by atoms with Crippen molar-refractivity contribution in [3.8, 4) is 6.07 Å². The number of nitrogens with one attached hydrogen (secondary N) is 1. The molecule has 0 aromatic carbocycles. The van der Waals surface area contributed by atoms with E-state index < -0.39 is 30.3 Å². The summed E-state index contributed by atoms with van der Waals surface area (Å²) in [7, 11) is 0. The maximum atomic E-state index is 9.64. The Morgan fingerprint density at radius 1 is 1.12 bits per heavy atom. The lowest BCUT2D eigenvalue weighted by Crippen LogP contribution is -2.44. The molecule has 6 nitrogen and oxygen atoms in total. The lowest BCUT2D eigenvalue weighted by atomic mass is 10.0. The molecule has 0 amide bonds. The van der Waals surface area contributed by atoms with Gasteiger partial charge in [-0.2, -0.15) is 5.26 Å². The highest BCUT2D eigenvalue weighted by Crippen LogP contribution is 2.27. The Hall–Kier alpha value is -0.710. The topological polar surface area (TPSA) is 117 Å². The molecule has 0 radical (unpaired) electrons. The average molecular weight is 230 g/mol. The van der Waals surface area contributed by atoms with Gasteiger partial charge < -0.3 is 25.7 Å². The molecule has 0 aromatic rings. The Labute approximate surface area is 94.1 Å². The first kappa shape index (κ1) is 13.4. The molecule has 0 aliphatic heterocycles. The van der Waals surface area contributed by atoms with Crippen LogP contribution < -0.4 is 5.32 Å². The van der Waals surface area contributed by atoms with E-state index in [4.69, 9.17) is 10.4 Å². The lowest BCUT2D eigenvalue weighted by Gasteiger charge is -2.22. The van der Waals surface area contributed by atoms with Crippen LogP contribution in [0.15, 0.2) is 0 Å². The van der Waals surface area contributed by atoms with Crippen LogP contribution in [0.4, 0.5) is 0 Å². The Morgan fingerprint density at radius 3 is 2.38 bits per heavy atom. The van der Waals surface area contributed by atoms with Gasteiger partial charge in [0, 0.05) is 18.4 Å². The summed E-state index contributed by atoms with van der Waals surface area (Å²) in [6, 6.07) is 1.46. The molecule has 5 N–H and O–H groups in total. The molecule has 5 atom stereocenters. The van der Waals surface area contributed by atoms with E-state index in [-0.39, 0.29) is 6.61 Å². The van der Waals surface area contributed by atoms with Gasteiger partial charge in [-0.25, -0.2) is 0 Å². The predicted octanol–water partition coefficient (Wildman–Crippen LogP) is -2.05. The van der Waals surface area contributed by atoms with Gasteiger partial charge >= 0.3 is 0 Å². The van der Waals surface area contributed by atoms with Crippen LogP contribution in [0, 0.1) is 17.2 Å². The molecule has 1 aliphatic rings. The zero-order valence-corrected chi connectivity index (χ0v) is 8.95. The maximum absolute atomic E-state index is 9.64. The minimum Gasteiger partial charge on any atom is -0.396 e. The highest BCUT2D eigenvalue weighted by Gasteiger charge is 2.47. The van der Waals surface area contributed by atoms with Crippen LogP contribution in [0.1, 0.15) is 12.8 Å². The van der Waals surface area contributed by atoms with Crippen molar-refractivity contribution in [1.82, 2.24) is 5.32 Å². The van der Waals surface area contributed by atoms with Crippen molar-refractivity contribution in [2.24, 2.45) is 5.92 Å². The van der Waals surface area contributed by atoms with Gasteiger partial charge in [0.25, 0.3) is 0 Å². The molecule has 0 bridgehead atoms. The second-order valence-corrected chi connectivity index (χ2v) is 4.06. The monoisotopic (exact) mass is 230 g/mol. The van der Waals surface area contributed by atoms with Crippen molar-refractivity contribution in [3.63, 3.8) is 0 Å². The van der Waals surface area contributed by atoms with Crippen LogP contribution in [0.2, 0.25) is 0 Å². The van der Waals surface area contributed by atoms with E-state index in [2.05, 4.69) is 5.32 Å². The van der Waals surface area contributed by atoms with E-state index in [0.29, 0.717) is 19.4 Å². The first-order chi connectivity index (χ1) is 7.63. The number of aliphatic hydroxyl groups is 4. The van der Waals surface area contributed by atoms with E-state index in [0.717, 1.165) is 0 Å². The van der Waals surface area contributed by atoms with E-state index in [9.17, 15) is 15.3 Å². The van der Waals surface area contributed by atoms with E-state index >= 15 is 0 Å². The second-order valence-electron chi connectivity index (χ2n) is 4.06. The van der Waals surface area contributed by atoms with Crippen LogP contribution in [0.25, 0.3) is 0 Å². The zero-order chi connectivity index (χ0) is 12.1. The minimum absolute atomic E-state index is 0.300. The minimum atomic E-state index is -1.23. The summed E-state index contributed by atoms with van der Waals surface area (Å²) in [4.78, 5) is 0. The number of rotatable bonds is 5. The molecule has 1 rings (SSSR count). The first-order valence-electron chi connectivity index (χ1n) is 5.39. The summed E-state index contributed by atoms with van der Waals surface area (Å²) in [6.45, 7) is 0.205. The van der Waals surface area contributed by atoms with Crippen LogP contribution in [-0.2, 0) is 0 Å². The third kappa shape index (κ3) is 2.70. The molecular weight excluding hydrogens is 212 g/mol. The Bertz CT molecular complexity index is 256. The molecule has 6 heteroatoms. The maximum Gasteiger partial charge on any atom is 0.108 e. The normalized spacial score (nSPS) is 38.6. The van der Waals surface area contributed by atoms with Gasteiger partial charge in [0.1, 0.15) is 6.10 Å². The van der Waals surface area contributed by atoms with E-state index in [1.807, 2.05) is 6.07 Å². The molecule has 16 heavy (non-hydrogen) atoms. The standard InChI is InChI=1S/C10H18N2O4/c11-3-1-2-4-12-7-6(5-13)8(14)10(16)9(7)15/h6-10,12-16H,1-2,4-5H2/t6-,7+,8-,9-,10-/m0/s1. The Kier molecular flexibility index (Phi) is 5.12. The molecule has 0 saturated heterocycles. The Balaban J connectivity index is 2.47. The van der Waals surface area contributed by atoms with Crippen molar-refractivity contribution < 1.29 is 20.4 Å². The molecule has 0 spiro atoms. The molecule has 1 aliphatic carbocycles. The fourth-order valence-electron chi connectivity index (χ4n) is 2.06. The van der Waals surface area contributed by atoms with Crippen LogP contribution in [0.5, 0.6) is 0 Å². The predicted molar refractivity (Wildman–Crippen MR) is 55.2 cm³/mol.